The van der Waals surface area contributed by atoms with E-state index in [2.05, 4.69) is 22.0 Å². The number of hydrogen-bond donors (Lipinski definition) is 2. The Morgan fingerprint density at radius 1 is 1.38 bits per heavy atom. The number of aromatic amines is 1. The van der Waals surface area contributed by atoms with Gasteiger partial charge in [0.15, 0.2) is 0 Å². The van der Waals surface area contributed by atoms with Gasteiger partial charge in [-0.2, -0.15) is 5.10 Å². The van der Waals surface area contributed by atoms with Crippen LogP contribution in [0.3, 0.4) is 0 Å². The Morgan fingerprint density at radius 2 is 2.15 bits per heavy atom. The molecule has 0 aliphatic heterocycles. The monoisotopic (exact) mass is 372 g/mol. The number of nitrogens with zero attached hydrogens (tertiary/aromatic N) is 3. The van der Waals surface area contributed by atoms with Gasteiger partial charge in [-0.1, -0.05) is 17.5 Å². The van der Waals surface area contributed by atoms with Gasteiger partial charge in [0.05, 0.1) is 29.9 Å². The standard InChI is InChI=1S/C18H17ClN4O3/c1-4-5-11-8-13(19)15(14(9-11)26-3)16-17(24)21-23(18(16)25)10-12-6-7-22(2)20-12/h6-9,25H,10H2,1-3H3,(H,21,24). The van der Waals surface area contributed by atoms with Crippen molar-refractivity contribution in [2.24, 2.45) is 7.05 Å². The summed E-state index contributed by atoms with van der Waals surface area (Å²) in [5, 5.41) is 17.7. The fourth-order valence-electron chi connectivity index (χ4n) is 2.72. The molecule has 3 aromatic rings. The van der Waals surface area contributed by atoms with Crippen molar-refractivity contribution in [3.05, 3.63) is 51.0 Å². The molecule has 2 heterocycles. The summed E-state index contributed by atoms with van der Waals surface area (Å²) in [6.07, 6.45) is 1.78. The molecule has 2 aromatic heterocycles. The molecule has 0 bridgehead atoms. The van der Waals surface area contributed by atoms with E-state index in [0.717, 1.165) is 0 Å². The van der Waals surface area contributed by atoms with Gasteiger partial charge in [0.2, 0.25) is 5.88 Å². The van der Waals surface area contributed by atoms with Gasteiger partial charge in [0.1, 0.15) is 11.3 Å². The van der Waals surface area contributed by atoms with Crippen molar-refractivity contribution in [1.29, 1.82) is 0 Å². The molecule has 0 radical (unpaired) electrons. The number of hydrogen-bond acceptors (Lipinski definition) is 4. The van der Waals surface area contributed by atoms with Crippen LogP contribution in [-0.2, 0) is 13.6 Å². The molecule has 0 fully saturated rings. The van der Waals surface area contributed by atoms with Crippen LogP contribution >= 0.6 is 11.6 Å². The normalized spacial score (nSPS) is 10.5. The minimum absolute atomic E-state index is 0.0405. The number of aromatic nitrogens is 4. The molecule has 8 heteroatoms. The van der Waals surface area contributed by atoms with E-state index in [1.165, 1.54) is 11.8 Å². The third kappa shape index (κ3) is 3.19. The number of rotatable bonds is 4. The molecule has 0 atom stereocenters. The Labute approximate surface area is 154 Å². The Bertz CT molecular complexity index is 1080. The zero-order valence-electron chi connectivity index (χ0n) is 14.5. The van der Waals surface area contributed by atoms with E-state index < -0.39 is 5.56 Å². The summed E-state index contributed by atoms with van der Waals surface area (Å²) in [7, 11) is 3.26. The maximum atomic E-state index is 12.5. The second kappa shape index (κ2) is 7.02. The third-order valence-corrected chi connectivity index (χ3v) is 4.12. The Balaban J connectivity index is 2.12. The molecular weight excluding hydrogens is 356 g/mol. The second-order valence-corrected chi connectivity index (χ2v) is 6.02. The number of nitrogens with one attached hydrogen (secondary N) is 1. The van der Waals surface area contributed by atoms with E-state index in [4.69, 9.17) is 16.3 Å². The molecule has 7 nitrogen and oxygen atoms in total. The minimum atomic E-state index is -0.479. The molecule has 0 aliphatic rings. The van der Waals surface area contributed by atoms with Crippen molar-refractivity contribution < 1.29 is 9.84 Å². The van der Waals surface area contributed by atoms with Gasteiger partial charge >= 0.3 is 0 Å². The number of methoxy groups -OCH3 is 1. The highest BCUT2D eigenvalue weighted by atomic mass is 35.5. The quantitative estimate of drug-likeness (QED) is 0.688. The maximum Gasteiger partial charge on any atom is 0.276 e. The van der Waals surface area contributed by atoms with Gasteiger partial charge in [-0.15, -0.1) is 5.92 Å². The van der Waals surface area contributed by atoms with Crippen LogP contribution in [0, 0.1) is 11.8 Å². The zero-order valence-corrected chi connectivity index (χ0v) is 15.3. The third-order valence-electron chi connectivity index (χ3n) is 3.83. The van der Waals surface area contributed by atoms with Crippen molar-refractivity contribution in [2.45, 2.75) is 13.5 Å². The fourth-order valence-corrected chi connectivity index (χ4v) is 3.02. The first kappa shape index (κ1) is 17.7. The molecule has 0 spiro atoms. The topological polar surface area (TPSA) is 85.1 Å². The van der Waals surface area contributed by atoms with Crippen molar-refractivity contribution in [1.82, 2.24) is 19.6 Å². The molecule has 0 saturated carbocycles. The summed E-state index contributed by atoms with van der Waals surface area (Å²) in [6, 6.07) is 5.10. The average molecular weight is 373 g/mol. The van der Waals surface area contributed by atoms with Crippen LogP contribution in [-0.4, -0.2) is 31.8 Å². The van der Waals surface area contributed by atoms with Crippen molar-refractivity contribution in [3.63, 3.8) is 0 Å². The van der Waals surface area contributed by atoms with E-state index in [0.29, 0.717) is 22.6 Å². The van der Waals surface area contributed by atoms with Gasteiger partial charge in [-0.05, 0) is 25.1 Å². The van der Waals surface area contributed by atoms with Gasteiger partial charge in [-0.3, -0.25) is 14.6 Å². The van der Waals surface area contributed by atoms with E-state index in [1.54, 1.807) is 43.0 Å². The first-order valence-electron chi connectivity index (χ1n) is 7.75. The van der Waals surface area contributed by atoms with Crippen LogP contribution in [0.25, 0.3) is 11.1 Å². The fraction of sp³-hybridized carbons (Fsp3) is 0.222. The number of benzene rings is 1. The molecule has 26 heavy (non-hydrogen) atoms. The highest BCUT2D eigenvalue weighted by Gasteiger charge is 2.23. The van der Waals surface area contributed by atoms with Gasteiger partial charge in [0.25, 0.3) is 5.56 Å². The summed E-state index contributed by atoms with van der Waals surface area (Å²) in [4.78, 5) is 12.5. The van der Waals surface area contributed by atoms with E-state index in [-0.39, 0.29) is 23.0 Å². The summed E-state index contributed by atoms with van der Waals surface area (Å²) in [5.74, 6) is 5.79. The predicted octanol–water partition coefficient (Wildman–Crippen LogP) is 2.36. The molecule has 0 amide bonds. The molecular formula is C18H17ClN4O3. The lowest BCUT2D eigenvalue weighted by molar-refractivity contribution is 0.405. The molecule has 1 aromatic carbocycles. The Kier molecular flexibility index (Phi) is 4.78. The van der Waals surface area contributed by atoms with Crippen LogP contribution in [0.1, 0.15) is 18.2 Å². The van der Waals surface area contributed by atoms with Crippen molar-refractivity contribution in [3.8, 4) is 34.6 Å². The lowest BCUT2D eigenvalue weighted by Crippen LogP contribution is -2.08. The van der Waals surface area contributed by atoms with E-state index in [1.807, 2.05) is 0 Å². The Morgan fingerprint density at radius 3 is 2.77 bits per heavy atom. The first-order chi connectivity index (χ1) is 12.4. The first-order valence-corrected chi connectivity index (χ1v) is 8.13. The van der Waals surface area contributed by atoms with E-state index >= 15 is 0 Å². The number of H-pyrrole nitrogens is 1. The van der Waals surface area contributed by atoms with Crippen LogP contribution in [0.4, 0.5) is 0 Å². The lowest BCUT2D eigenvalue weighted by Gasteiger charge is -2.10. The van der Waals surface area contributed by atoms with E-state index in [9.17, 15) is 9.90 Å². The smallest absolute Gasteiger partial charge is 0.276 e. The van der Waals surface area contributed by atoms with Crippen molar-refractivity contribution in [2.75, 3.05) is 7.11 Å². The maximum absolute atomic E-state index is 12.5. The van der Waals surface area contributed by atoms with Gasteiger partial charge < -0.3 is 9.84 Å². The minimum Gasteiger partial charge on any atom is -0.496 e. The number of aryl methyl sites for hydroxylation is 1. The average Bonchev–Trinajstić information content (AvgIpc) is 3.12. The summed E-state index contributed by atoms with van der Waals surface area (Å²) >= 11 is 6.36. The number of halogens is 1. The molecule has 0 aliphatic carbocycles. The van der Waals surface area contributed by atoms with Crippen LogP contribution in [0.5, 0.6) is 11.6 Å². The largest absolute Gasteiger partial charge is 0.496 e. The molecule has 2 N–H and O–H groups in total. The molecule has 3 rings (SSSR count). The number of ether oxygens (including phenoxy) is 1. The summed E-state index contributed by atoms with van der Waals surface area (Å²) < 4.78 is 8.32. The highest BCUT2D eigenvalue weighted by Crippen LogP contribution is 2.39. The van der Waals surface area contributed by atoms with Gasteiger partial charge in [0, 0.05) is 18.8 Å². The van der Waals surface area contributed by atoms with Crippen LogP contribution < -0.4 is 10.3 Å². The second-order valence-electron chi connectivity index (χ2n) is 5.62. The SMILES string of the molecule is CC#Cc1cc(Cl)c(-c2c(O)n(Cc3ccn(C)n3)[nH]c2=O)c(OC)c1. The summed E-state index contributed by atoms with van der Waals surface area (Å²) in [5.41, 5.74) is 1.22. The van der Waals surface area contributed by atoms with Gasteiger partial charge in [-0.25, -0.2) is 4.68 Å². The zero-order chi connectivity index (χ0) is 18.8. The van der Waals surface area contributed by atoms with Crippen LogP contribution in [0.2, 0.25) is 5.02 Å². The highest BCUT2D eigenvalue weighted by molar-refractivity contribution is 6.34. The molecule has 134 valence electrons. The predicted molar refractivity (Wildman–Crippen MR) is 98.6 cm³/mol. The van der Waals surface area contributed by atoms with Crippen molar-refractivity contribution >= 4 is 11.6 Å². The Hall–Kier alpha value is -3.11. The molecule has 0 unspecified atom stereocenters. The van der Waals surface area contributed by atoms with Crippen LogP contribution in [0.15, 0.2) is 29.2 Å². The number of aromatic hydroxyl groups is 1. The molecule has 0 saturated heterocycles. The lowest BCUT2D eigenvalue weighted by atomic mass is 10.0. The summed E-state index contributed by atoms with van der Waals surface area (Å²) in [6.45, 7) is 1.92.